The first-order valence-corrected chi connectivity index (χ1v) is 8.40. The molecule has 3 rings (SSSR count). The van der Waals surface area contributed by atoms with Crippen molar-refractivity contribution in [2.24, 2.45) is 0 Å². The van der Waals surface area contributed by atoms with E-state index in [1.54, 1.807) is 11.3 Å². The van der Waals surface area contributed by atoms with Crippen molar-refractivity contribution in [3.8, 4) is 16.4 Å². The number of alkyl halides is 1. The molecular weight excluding hydrogens is 334 g/mol. The SMILES string of the molecule is CCc1ccc(-n2ccc(-c3ccc(CBr)s3)n2)nc1. The fourth-order valence-corrected chi connectivity index (χ4v) is 3.28. The van der Waals surface area contributed by atoms with Gasteiger partial charge in [0.25, 0.3) is 0 Å². The number of aryl methyl sites for hydroxylation is 1. The molecule has 0 aromatic carbocycles. The van der Waals surface area contributed by atoms with E-state index in [1.807, 2.05) is 29.2 Å². The molecule has 0 spiro atoms. The van der Waals surface area contributed by atoms with Crippen LogP contribution in [0.5, 0.6) is 0 Å². The van der Waals surface area contributed by atoms with Gasteiger partial charge in [0.05, 0.1) is 4.88 Å². The predicted octanol–water partition coefficient (Wildman–Crippen LogP) is 4.45. The number of hydrogen-bond donors (Lipinski definition) is 0. The molecule has 20 heavy (non-hydrogen) atoms. The summed E-state index contributed by atoms with van der Waals surface area (Å²) in [5, 5.41) is 5.49. The highest BCUT2D eigenvalue weighted by atomic mass is 79.9. The fraction of sp³-hybridized carbons (Fsp3) is 0.200. The first kappa shape index (κ1) is 13.5. The van der Waals surface area contributed by atoms with Gasteiger partial charge in [0.2, 0.25) is 0 Å². The molecule has 0 amide bonds. The first-order chi connectivity index (χ1) is 9.80. The quantitative estimate of drug-likeness (QED) is 0.652. The molecular formula is C15H14BrN3S. The van der Waals surface area contributed by atoms with Crippen LogP contribution in [-0.4, -0.2) is 14.8 Å². The number of thiophene rings is 1. The van der Waals surface area contributed by atoms with Crippen LogP contribution < -0.4 is 0 Å². The molecule has 0 saturated carbocycles. The third-order valence-electron chi connectivity index (χ3n) is 3.09. The molecule has 0 fully saturated rings. The summed E-state index contributed by atoms with van der Waals surface area (Å²) in [5.41, 5.74) is 2.23. The van der Waals surface area contributed by atoms with Gasteiger partial charge >= 0.3 is 0 Å². The van der Waals surface area contributed by atoms with Gasteiger partial charge in [0, 0.05) is 22.6 Å². The van der Waals surface area contributed by atoms with Crippen molar-refractivity contribution in [2.45, 2.75) is 18.7 Å². The van der Waals surface area contributed by atoms with Gasteiger partial charge in [-0.3, -0.25) is 0 Å². The Morgan fingerprint density at radius 3 is 2.75 bits per heavy atom. The van der Waals surface area contributed by atoms with E-state index in [2.05, 4.69) is 51.1 Å². The Bertz CT molecular complexity index is 700. The van der Waals surface area contributed by atoms with Crippen LogP contribution in [-0.2, 0) is 11.8 Å². The molecule has 102 valence electrons. The smallest absolute Gasteiger partial charge is 0.153 e. The van der Waals surface area contributed by atoms with E-state index in [0.29, 0.717) is 0 Å². The summed E-state index contributed by atoms with van der Waals surface area (Å²) in [7, 11) is 0. The van der Waals surface area contributed by atoms with Crippen LogP contribution in [0.25, 0.3) is 16.4 Å². The summed E-state index contributed by atoms with van der Waals surface area (Å²) in [5.74, 6) is 0.853. The number of aromatic nitrogens is 3. The second-order valence-corrected chi connectivity index (χ2v) is 6.15. The molecule has 0 bridgehead atoms. The number of hydrogen-bond acceptors (Lipinski definition) is 3. The van der Waals surface area contributed by atoms with Crippen molar-refractivity contribution in [3.05, 3.63) is 53.2 Å². The Balaban J connectivity index is 1.88. The van der Waals surface area contributed by atoms with Gasteiger partial charge < -0.3 is 0 Å². The van der Waals surface area contributed by atoms with E-state index in [0.717, 1.165) is 23.3 Å². The minimum absolute atomic E-state index is 0.853. The summed E-state index contributed by atoms with van der Waals surface area (Å²) in [6.45, 7) is 2.13. The molecule has 3 aromatic rings. The third-order valence-corrected chi connectivity index (χ3v) is 5.17. The number of nitrogens with zero attached hydrogens (tertiary/aromatic N) is 3. The summed E-state index contributed by atoms with van der Waals surface area (Å²) in [6.07, 6.45) is 4.86. The summed E-state index contributed by atoms with van der Waals surface area (Å²) in [4.78, 5) is 6.93. The maximum atomic E-state index is 4.60. The number of rotatable bonds is 4. The lowest BCUT2D eigenvalue weighted by atomic mass is 10.2. The van der Waals surface area contributed by atoms with Gasteiger partial charge in [-0.05, 0) is 36.2 Å². The minimum Gasteiger partial charge on any atom is -0.237 e. The van der Waals surface area contributed by atoms with E-state index in [1.165, 1.54) is 15.3 Å². The van der Waals surface area contributed by atoms with Crippen molar-refractivity contribution in [3.63, 3.8) is 0 Å². The summed E-state index contributed by atoms with van der Waals surface area (Å²) >= 11 is 5.23. The van der Waals surface area contributed by atoms with Gasteiger partial charge in [-0.25, -0.2) is 9.67 Å². The lowest BCUT2D eigenvalue weighted by molar-refractivity contribution is 0.847. The topological polar surface area (TPSA) is 30.7 Å². The molecule has 5 heteroatoms. The highest BCUT2D eigenvalue weighted by Gasteiger charge is 2.07. The highest BCUT2D eigenvalue weighted by Crippen LogP contribution is 2.28. The highest BCUT2D eigenvalue weighted by molar-refractivity contribution is 9.08. The Hall–Kier alpha value is -1.46. The summed E-state index contributed by atoms with van der Waals surface area (Å²) < 4.78 is 1.82. The lowest BCUT2D eigenvalue weighted by Crippen LogP contribution is -1.98. The second kappa shape index (κ2) is 5.89. The zero-order valence-electron chi connectivity index (χ0n) is 11.1. The van der Waals surface area contributed by atoms with E-state index in [-0.39, 0.29) is 0 Å². The van der Waals surface area contributed by atoms with Crippen molar-refractivity contribution < 1.29 is 0 Å². The third kappa shape index (κ3) is 2.69. The maximum absolute atomic E-state index is 4.60. The largest absolute Gasteiger partial charge is 0.237 e. The Morgan fingerprint density at radius 1 is 1.20 bits per heavy atom. The second-order valence-electron chi connectivity index (χ2n) is 4.42. The van der Waals surface area contributed by atoms with E-state index >= 15 is 0 Å². The molecule has 3 nitrogen and oxygen atoms in total. The van der Waals surface area contributed by atoms with Gasteiger partial charge in [-0.1, -0.05) is 28.9 Å². The zero-order chi connectivity index (χ0) is 13.9. The van der Waals surface area contributed by atoms with Gasteiger partial charge in [0.1, 0.15) is 5.69 Å². The van der Waals surface area contributed by atoms with E-state index < -0.39 is 0 Å². The van der Waals surface area contributed by atoms with Gasteiger partial charge in [-0.2, -0.15) is 5.10 Å². The number of halogens is 1. The molecule has 0 radical (unpaired) electrons. The molecule has 0 saturated heterocycles. The predicted molar refractivity (Wildman–Crippen MR) is 86.7 cm³/mol. The van der Waals surface area contributed by atoms with Crippen LogP contribution in [0.15, 0.2) is 42.7 Å². The van der Waals surface area contributed by atoms with E-state index in [9.17, 15) is 0 Å². The Kier molecular flexibility index (Phi) is 3.98. The van der Waals surface area contributed by atoms with Crippen molar-refractivity contribution in [1.82, 2.24) is 14.8 Å². The normalized spacial score (nSPS) is 10.9. The summed E-state index contributed by atoms with van der Waals surface area (Å²) in [6, 6.07) is 10.4. The molecule has 0 aliphatic heterocycles. The van der Waals surface area contributed by atoms with Crippen LogP contribution in [0, 0.1) is 0 Å². The monoisotopic (exact) mass is 347 g/mol. The van der Waals surface area contributed by atoms with Crippen LogP contribution >= 0.6 is 27.3 Å². The first-order valence-electron chi connectivity index (χ1n) is 6.46. The fourth-order valence-electron chi connectivity index (χ4n) is 1.93. The van der Waals surface area contributed by atoms with Crippen LogP contribution in [0.4, 0.5) is 0 Å². The van der Waals surface area contributed by atoms with Gasteiger partial charge in [0.15, 0.2) is 5.82 Å². The average molecular weight is 348 g/mol. The van der Waals surface area contributed by atoms with Crippen molar-refractivity contribution >= 4 is 27.3 Å². The molecule has 0 unspecified atom stereocenters. The zero-order valence-corrected chi connectivity index (χ0v) is 13.5. The number of pyridine rings is 1. The molecule has 3 aromatic heterocycles. The Morgan fingerprint density at radius 2 is 2.10 bits per heavy atom. The molecule has 0 aliphatic rings. The van der Waals surface area contributed by atoms with Crippen molar-refractivity contribution in [1.29, 1.82) is 0 Å². The van der Waals surface area contributed by atoms with Gasteiger partial charge in [-0.15, -0.1) is 11.3 Å². The Labute approximate surface area is 130 Å². The molecule has 3 heterocycles. The standard InChI is InChI=1S/C15H14BrN3S/c1-2-11-3-6-15(17-10-11)19-8-7-13(18-19)14-5-4-12(9-16)20-14/h3-8,10H,2,9H2,1H3. The van der Waals surface area contributed by atoms with Crippen LogP contribution in [0.3, 0.4) is 0 Å². The molecule has 0 N–H and O–H groups in total. The lowest BCUT2D eigenvalue weighted by Gasteiger charge is -2.01. The molecule has 0 atom stereocenters. The van der Waals surface area contributed by atoms with E-state index in [4.69, 9.17) is 0 Å². The maximum Gasteiger partial charge on any atom is 0.153 e. The van der Waals surface area contributed by atoms with Crippen molar-refractivity contribution in [2.75, 3.05) is 0 Å². The van der Waals surface area contributed by atoms with Crippen LogP contribution in [0.2, 0.25) is 0 Å². The molecule has 0 aliphatic carbocycles. The van der Waals surface area contributed by atoms with Crippen LogP contribution in [0.1, 0.15) is 17.4 Å². The minimum atomic E-state index is 0.853. The average Bonchev–Trinajstić information content (AvgIpc) is 3.16.